The number of quaternary nitrogens is 1. The maximum Gasteiger partial charge on any atom is 0.510 e. The van der Waals surface area contributed by atoms with E-state index in [0.29, 0.717) is 23.2 Å². The molecule has 0 aromatic heterocycles. The van der Waals surface area contributed by atoms with Gasteiger partial charge in [-0.2, -0.15) is 0 Å². The van der Waals surface area contributed by atoms with Crippen molar-refractivity contribution in [3.63, 3.8) is 0 Å². The van der Waals surface area contributed by atoms with E-state index in [2.05, 4.69) is 0 Å². The average Bonchev–Trinajstić information content (AvgIpc) is 3.45. The smallest absolute Gasteiger partial charge is 0.510 e. The molecule has 0 radical (unpaired) electrons. The van der Waals surface area contributed by atoms with Gasteiger partial charge in [0.05, 0.1) is 31.8 Å². The van der Waals surface area contributed by atoms with Crippen molar-refractivity contribution in [1.82, 2.24) is 0 Å². The first-order valence-electron chi connectivity index (χ1n) is 13.6. The van der Waals surface area contributed by atoms with Gasteiger partial charge >= 0.3 is 12.1 Å². The van der Waals surface area contributed by atoms with Crippen LogP contribution in [0.2, 0.25) is 0 Å². The molecule has 3 aliphatic rings. The molecule has 1 spiro atoms. The van der Waals surface area contributed by atoms with Crippen molar-refractivity contribution in [1.29, 1.82) is 0 Å². The van der Waals surface area contributed by atoms with Crippen LogP contribution in [0.3, 0.4) is 0 Å². The predicted molar refractivity (Wildman–Crippen MR) is 136 cm³/mol. The Morgan fingerprint density at radius 1 is 0.892 bits per heavy atom. The Balaban J connectivity index is 0.00000320. The van der Waals surface area contributed by atoms with Crippen LogP contribution in [0.1, 0.15) is 69.4 Å². The van der Waals surface area contributed by atoms with Crippen LogP contribution >= 0.6 is 0 Å². The number of hydrogen-bond donors (Lipinski definition) is 0. The summed E-state index contributed by atoms with van der Waals surface area (Å²) in [5.74, 6) is -0.549. The second-order valence-corrected chi connectivity index (χ2v) is 10.6. The highest BCUT2D eigenvalue weighted by Crippen LogP contribution is 2.47. The lowest BCUT2D eigenvalue weighted by atomic mass is 9.85. The molecule has 6 nitrogen and oxygen atoms in total. The zero-order valence-corrected chi connectivity index (χ0v) is 22.4. The standard InChI is InChI=1S/C30H38NO5.ClH/c1-2-3-20-34-29(33)36-30(23-12-6-4-7-13-23,24-14-8-5-9-15-24)28(32)35-27-21-25-16-17-26(22-27)31(25)18-10-11-19-31;/h4-9,12-15,25-27H,2-3,10-11,16-22H2,1H3;1H/q+1;/p-1. The number of benzene rings is 2. The molecule has 3 heterocycles. The first kappa shape index (κ1) is 27.5. The molecule has 7 heteroatoms. The normalized spacial score (nSPS) is 23.8. The topological polar surface area (TPSA) is 61.8 Å². The van der Waals surface area contributed by atoms with Gasteiger partial charge in [0, 0.05) is 49.7 Å². The number of hydrogen-bond acceptors (Lipinski definition) is 5. The molecule has 200 valence electrons. The molecule has 37 heavy (non-hydrogen) atoms. The van der Waals surface area contributed by atoms with Gasteiger partial charge in [-0.15, -0.1) is 0 Å². The molecule has 2 unspecified atom stereocenters. The van der Waals surface area contributed by atoms with Crippen LogP contribution in [0, 0.1) is 0 Å². The van der Waals surface area contributed by atoms with E-state index in [4.69, 9.17) is 14.2 Å². The van der Waals surface area contributed by atoms with Gasteiger partial charge in [0.25, 0.3) is 5.60 Å². The van der Waals surface area contributed by atoms with Gasteiger partial charge in [0.2, 0.25) is 0 Å². The highest BCUT2D eigenvalue weighted by Gasteiger charge is 2.57. The summed E-state index contributed by atoms with van der Waals surface area (Å²) in [4.78, 5) is 27.1. The van der Waals surface area contributed by atoms with Crippen molar-refractivity contribution in [2.45, 2.75) is 82.1 Å². The number of carbonyl (C=O) groups is 2. The Labute approximate surface area is 226 Å². The SMILES string of the molecule is CCCCOC(=O)OC(C(=O)OC1CC2CCC(C1)[N+]21CCCC1)(c1ccccc1)c1ccccc1.[Cl-]. The number of esters is 1. The number of nitrogens with zero attached hydrogens (tertiary/aromatic N) is 1. The van der Waals surface area contributed by atoms with E-state index in [0.717, 1.165) is 25.7 Å². The fraction of sp³-hybridized carbons (Fsp3) is 0.533. The van der Waals surface area contributed by atoms with Gasteiger partial charge < -0.3 is 31.1 Å². The summed E-state index contributed by atoms with van der Waals surface area (Å²) in [6.45, 7) is 4.80. The lowest BCUT2D eigenvalue weighted by molar-refractivity contribution is -0.956. The van der Waals surface area contributed by atoms with E-state index in [9.17, 15) is 9.59 Å². The van der Waals surface area contributed by atoms with E-state index >= 15 is 0 Å². The number of unbranched alkanes of at least 4 members (excludes halogenated alkanes) is 1. The van der Waals surface area contributed by atoms with Crippen LogP contribution in [0.25, 0.3) is 0 Å². The highest BCUT2D eigenvalue weighted by atomic mass is 35.5. The van der Waals surface area contributed by atoms with E-state index < -0.39 is 17.7 Å². The second-order valence-electron chi connectivity index (χ2n) is 10.6. The molecule has 0 N–H and O–H groups in total. The van der Waals surface area contributed by atoms with Crippen molar-refractivity contribution in [2.75, 3.05) is 19.7 Å². The molecular formula is C30H38ClNO5. The molecule has 3 fully saturated rings. The molecule has 2 aromatic rings. The quantitative estimate of drug-likeness (QED) is 0.300. The number of rotatable bonds is 8. The first-order chi connectivity index (χ1) is 17.6. The third-order valence-corrected chi connectivity index (χ3v) is 8.63. The molecule has 2 atom stereocenters. The van der Waals surface area contributed by atoms with Crippen molar-refractivity contribution >= 4 is 12.1 Å². The van der Waals surface area contributed by atoms with Crippen LogP contribution in [0.5, 0.6) is 0 Å². The fourth-order valence-corrected chi connectivity index (χ4v) is 6.90. The van der Waals surface area contributed by atoms with Crippen LogP contribution in [0.4, 0.5) is 4.79 Å². The molecule has 3 saturated heterocycles. The van der Waals surface area contributed by atoms with Gasteiger partial charge in [0.1, 0.15) is 6.10 Å². The Hall–Kier alpha value is -2.57. The predicted octanol–water partition coefficient (Wildman–Crippen LogP) is 2.73. The fourth-order valence-electron chi connectivity index (χ4n) is 6.90. The number of carbonyl (C=O) groups excluding carboxylic acids is 2. The summed E-state index contributed by atoms with van der Waals surface area (Å²) in [6, 6.07) is 19.5. The Kier molecular flexibility index (Phi) is 8.81. The van der Waals surface area contributed by atoms with Crippen molar-refractivity contribution in [2.24, 2.45) is 0 Å². The van der Waals surface area contributed by atoms with Gasteiger partial charge in [-0.3, -0.25) is 0 Å². The first-order valence-corrected chi connectivity index (χ1v) is 13.6. The van der Waals surface area contributed by atoms with Crippen molar-refractivity contribution in [3.05, 3.63) is 71.8 Å². The van der Waals surface area contributed by atoms with Crippen LogP contribution in [-0.4, -0.2) is 54.5 Å². The summed E-state index contributed by atoms with van der Waals surface area (Å²) in [5, 5.41) is 0. The van der Waals surface area contributed by atoms with Gasteiger partial charge in [-0.05, 0) is 6.42 Å². The third-order valence-electron chi connectivity index (χ3n) is 8.63. The Bertz CT molecular complexity index is 985. The Morgan fingerprint density at radius 2 is 1.43 bits per heavy atom. The average molecular weight is 528 g/mol. The van der Waals surface area contributed by atoms with Crippen LogP contribution in [-0.2, 0) is 24.6 Å². The summed E-state index contributed by atoms with van der Waals surface area (Å²) in [6.07, 6.45) is 7.36. The molecule has 2 bridgehead atoms. The maximum atomic E-state index is 14.2. The van der Waals surface area contributed by atoms with Gasteiger partial charge in [-0.1, -0.05) is 74.0 Å². The minimum atomic E-state index is -1.73. The van der Waals surface area contributed by atoms with E-state index in [-0.39, 0.29) is 25.1 Å². The molecule has 0 saturated carbocycles. The zero-order chi connectivity index (χ0) is 25.0. The second kappa shape index (κ2) is 11.9. The monoisotopic (exact) mass is 527 g/mol. The maximum absolute atomic E-state index is 14.2. The number of ether oxygens (including phenoxy) is 3. The van der Waals surface area contributed by atoms with E-state index in [1.54, 1.807) is 0 Å². The molecular weight excluding hydrogens is 490 g/mol. The lowest BCUT2D eigenvalue weighted by Gasteiger charge is -2.47. The van der Waals surface area contributed by atoms with E-state index in [1.165, 1.54) is 43.3 Å². The molecule has 5 rings (SSSR count). The van der Waals surface area contributed by atoms with Gasteiger partial charge in [0.15, 0.2) is 0 Å². The van der Waals surface area contributed by atoms with Crippen LogP contribution in [0.15, 0.2) is 60.7 Å². The summed E-state index contributed by atoms with van der Waals surface area (Å²) >= 11 is 0. The Morgan fingerprint density at radius 3 is 1.95 bits per heavy atom. The molecule has 2 aromatic carbocycles. The van der Waals surface area contributed by atoms with Crippen LogP contribution < -0.4 is 12.4 Å². The van der Waals surface area contributed by atoms with Gasteiger partial charge in [-0.25, -0.2) is 9.59 Å². The highest BCUT2D eigenvalue weighted by molar-refractivity contribution is 5.88. The number of halogens is 1. The summed E-state index contributed by atoms with van der Waals surface area (Å²) in [7, 11) is 0. The third kappa shape index (κ3) is 5.23. The zero-order valence-electron chi connectivity index (χ0n) is 21.7. The lowest BCUT2D eigenvalue weighted by Crippen LogP contribution is -3.00. The number of piperidine rings is 1. The van der Waals surface area contributed by atoms with E-state index in [1.807, 2.05) is 67.6 Å². The molecule has 0 aliphatic carbocycles. The molecule has 3 aliphatic heterocycles. The van der Waals surface area contributed by atoms with Crippen molar-refractivity contribution < 1.29 is 40.7 Å². The van der Waals surface area contributed by atoms with Crippen molar-refractivity contribution in [3.8, 4) is 0 Å². The largest absolute Gasteiger partial charge is 1.00 e. The minimum Gasteiger partial charge on any atom is -1.00 e. The summed E-state index contributed by atoms with van der Waals surface area (Å²) in [5.41, 5.74) is -0.631. The summed E-state index contributed by atoms with van der Waals surface area (Å²) < 4.78 is 18.9. The molecule has 0 amide bonds. The minimum absolute atomic E-state index is 0.